The molecular formula is C13H28N2O. The van der Waals surface area contributed by atoms with Gasteiger partial charge in [-0.15, -0.1) is 0 Å². The topological polar surface area (TPSA) is 26.7 Å². The minimum atomic E-state index is -0.0532. The van der Waals surface area contributed by atoms with Gasteiger partial charge in [0, 0.05) is 38.3 Å². The molecule has 1 heterocycles. The molecule has 1 N–H and O–H groups in total. The lowest BCUT2D eigenvalue weighted by molar-refractivity contribution is 0.0697. The van der Waals surface area contributed by atoms with Crippen LogP contribution in [0, 0.1) is 0 Å². The van der Waals surface area contributed by atoms with E-state index in [0.717, 1.165) is 39.0 Å². The Hall–Kier alpha value is -0.120. The number of aliphatic hydroxyl groups is 1. The SMILES string of the molecule is CC(C)N(CCN1CCC(O)CC1)C(C)C. The lowest BCUT2D eigenvalue weighted by atomic mass is 10.1. The summed E-state index contributed by atoms with van der Waals surface area (Å²) < 4.78 is 0. The molecule has 0 aromatic rings. The smallest absolute Gasteiger partial charge is 0.0564 e. The zero-order valence-electron chi connectivity index (χ0n) is 11.3. The van der Waals surface area contributed by atoms with Gasteiger partial charge in [0.05, 0.1) is 6.10 Å². The fraction of sp³-hybridized carbons (Fsp3) is 1.00. The lowest BCUT2D eigenvalue weighted by Crippen LogP contribution is -2.45. The van der Waals surface area contributed by atoms with Crippen LogP contribution < -0.4 is 0 Å². The monoisotopic (exact) mass is 228 g/mol. The second-order valence-corrected chi connectivity index (χ2v) is 5.50. The molecular weight excluding hydrogens is 200 g/mol. The van der Waals surface area contributed by atoms with Crippen molar-refractivity contribution in [3.63, 3.8) is 0 Å². The molecule has 1 rings (SSSR count). The summed E-state index contributed by atoms with van der Waals surface area (Å²) in [6.07, 6.45) is 1.84. The zero-order chi connectivity index (χ0) is 12.1. The molecule has 1 fully saturated rings. The minimum absolute atomic E-state index is 0.0532. The first kappa shape index (κ1) is 13.9. The Balaban J connectivity index is 2.27. The van der Waals surface area contributed by atoms with Gasteiger partial charge >= 0.3 is 0 Å². The number of likely N-dealkylation sites (tertiary alicyclic amines) is 1. The number of hydrogen-bond acceptors (Lipinski definition) is 3. The van der Waals surface area contributed by atoms with Gasteiger partial charge in [-0.1, -0.05) is 0 Å². The van der Waals surface area contributed by atoms with Gasteiger partial charge in [-0.3, -0.25) is 4.90 Å². The van der Waals surface area contributed by atoms with Gasteiger partial charge in [0.25, 0.3) is 0 Å². The van der Waals surface area contributed by atoms with Crippen LogP contribution in [0.25, 0.3) is 0 Å². The highest BCUT2D eigenvalue weighted by Gasteiger charge is 2.19. The van der Waals surface area contributed by atoms with E-state index < -0.39 is 0 Å². The quantitative estimate of drug-likeness (QED) is 0.773. The summed E-state index contributed by atoms with van der Waals surface area (Å²) in [6.45, 7) is 13.5. The first-order chi connectivity index (χ1) is 7.50. The lowest BCUT2D eigenvalue weighted by Gasteiger charge is -2.35. The van der Waals surface area contributed by atoms with Crippen molar-refractivity contribution in [1.82, 2.24) is 9.80 Å². The molecule has 0 aliphatic carbocycles. The van der Waals surface area contributed by atoms with Crippen molar-refractivity contribution >= 4 is 0 Å². The van der Waals surface area contributed by atoms with E-state index in [1.807, 2.05) is 0 Å². The van der Waals surface area contributed by atoms with Gasteiger partial charge in [0.2, 0.25) is 0 Å². The third-order valence-electron chi connectivity index (χ3n) is 3.56. The van der Waals surface area contributed by atoms with E-state index in [-0.39, 0.29) is 6.10 Å². The molecule has 0 spiro atoms. The Labute approximate surface area is 100 Å². The molecule has 3 nitrogen and oxygen atoms in total. The van der Waals surface area contributed by atoms with Crippen LogP contribution in [0.1, 0.15) is 40.5 Å². The molecule has 0 atom stereocenters. The van der Waals surface area contributed by atoms with Crippen LogP contribution in [0.5, 0.6) is 0 Å². The van der Waals surface area contributed by atoms with Crippen LogP contribution in [-0.4, -0.2) is 59.3 Å². The van der Waals surface area contributed by atoms with Gasteiger partial charge in [-0.2, -0.15) is 0 Å². The Morgan fingerprint density at radius 3 is 2.06 bits per heavy atom. The van der Waals surface area contributed by atoms with Crippen molar-refractivity contribution < 1.29 is 5.11 Å². The van der Waals surface area contributed by atoms with E-state index in [1.54, 1.807) is 0 Å². The number of rotatable bonds is 5. The van der Waals surface area contributed by atoms with E-state index in [0.29, 0.717) is 12.1 Å². The predicted octanol–water partition coefficient (Wildman–Crippen LogP) is 1.56. The number of hydrogen-bond donors (Lipinski definition) is 1. The highest BCUT2D eigenvalue weighted by atomic mass is 16.3. The first-order valence-electron chi connectivity index (χ1n) is 6.67. The number of piperidine rings is 1. The van der Waals surface area contributed by atoms with Crippen LogP contribution >= 0.6 is 0 Å². The minimum Gasteiger partial charge on any atom is -0.393 e. The van der Waals surface area contributed by atoms with Gasteiger partial charge < -0.3 is 10.0 Å². The summed E-state index contributed by atoms with van der Waals surface area (Å²) in [5, 5.41) is 9.44. The number of nitrogens with zero attached hydrogens (tertiary/aromatic N) is 2. The average Bonchev–Trinajstić information content (AvgIpc) is 2.20. The van der Waals surface area contributed by atoms with Gasteiger partial charge in [0.1, 0.15) is 0 Å². The molecule has 0 amide bonds. The van der Waals surface area contributed by atoms with E-state index >= 15 is 0 Å². The van der Waals surface area contributed by atoms with Crippen LogP contribution in [-0.2, 0) is 0 Å². The maximum Gasteiger partial charge on any atom is 0.0564 e. The van der Waals surface area contributed by atoms with Crippen molar-refractivity contribution in [3.05, 3.63) is 0 Å². The van der Waals surface area contributed by atoms with Crippen molar-refractivity contribution in [3.8, 4) is 0 Å². The third kappa shape index (κ3) is 4.40. The van der Waals surface area contributed by atoms with E-state index in [4.69, 9.17) is 0 Å². The molecule has 0 unspecified atom stereocenters. The van der Waals surface area contributed by atoms with E-state index in [1.165, 1.54) is 0 Å². The molecule has 1 aliphatic rings. The summed E-state index contributed by atoms with van der Waals surface area (Å²) in [7, 11) is 0. The molecule has 0 bridgehead atoms. The molecule has 1 saturated heterocycles. The average molecular weight is 228 g/mol. The van der Waals surface area contributed by atoms with Gasteiger partial charge in [-0.05, 0) is 40.5 Å². The van der Waals surface area contributed by atoms with Crippen molar-refractivity contribution in [2.45, 2.75) is 58.7 Å². The van der Waals surface area contributed by atoms with Crippen LogP contribution in [0.4, 0.5) is 0 Å². The highest BCUT2D eigenvalue weighted by molar-refractivity contribution is 4.74. The van der Waals surface area contributed by atoms with Crippen molar-refractivity contribution in [2.24, 2.45) is 0 Å². The van der Waals surface area contributed by atoms with Gasteiger partial charge in [-0.25, -0.2) is 0 Å². The molecule has 3 heteroatoms. The fourth-order valence-corrected chi connectivity index (χ4v) is 2.51. The summed E-state index contributed by atoms with van der Waals surface area (Å²) >= 11 is 0. The van der Waals surface area contributed by atoms with E-state index in [9.17, 15) is 5.11 Å². The van der Waals surface area contributed by atoms with Gasteiger partial charge in [0.15, 0.2) is 0 Å². The Kier molecular flexibility index (Phi) is 5.73. The molecule has 0 radical (unpaired) electrons. The van der Waals surface area contributed by atoms with Crippen LogP contribution in [0.2, 0.25) is 0 Å². The summed E-state index contributed by atoms with van der Waals surface area (Å²) in [5.41, 5.74) is 0. The summed E-state index contributed by atoms with van der Waals surface area (Å²) in [4.78, 5) is 5.01. The van der Waals surface area contributed by atoms with Crippen molar-refractivity contribution in [1.29, 1.82) is 0 Å². The Bertz CT molecular complexity index is 178. The maximum atomic E-state index is 9.44. The maximum absolute atomic E-state index is 9.44. The van der Waals surface area contributed by atoms with E-state index in [2.05, 4.69) is 37.5 Å². The number of aliphatic hydroxyl groups excluding tert-OH is 1. The Morgan fingerprint density at radius 1 is 1.12 bits per heavy atom. The Morgan fingerprint density at radius 2 is 1.62 bits per heavy atom. The summed E-state index contributed by atoms with van der Waals surface area (Å²) in [5.74, 6) is 0. The summed E-state index contributed by atoms with van der Waals surface area (Å²) in [6, 6.07) is 1.24. The first-order valence-corrected chi connectivity index (χ1v) is 6.67. The normalized spacial score (nSPS) is 20.2. The van der Waals surface area contributed by atoms with Crippen LogP contribution in [0.3, 0.4) is 0 Å². The highest BCUT2D eigenvalue weighted by Crippen LogP contribution is 2.11. The molecule has 0 saturated carbocycles. The second kappa shape index (κ2) is 6.58. The third-order valence-corrected chi connectivity index (χ3v) is 3.56. The largest absolute Gasteiger partial charge is 0.393 e. The standard InChI is InChI=1S/C13H28N2O/c1-11(2)15(12(3)4)10-9-14-7-5-13(16)6-8-14/h11-13,16H,5-10H2,1-4H3. The molecule has 0 aromatic heterocycles. The molecule has 96 valence electrons. The van der Waals surface area contributed by atoms with Crippen LogP contribution in [0.15, 0.2) is 0 Å². The molecule has 0 aromatic carbocycles. The molecule has 1 aliphatic heterocycles. The molecule has 16 heavy (non-hydrogen) atoms. The second-order valence-electron chi connectivity index (χ2n) is 5.50. The predicted molar refractivity (Wildman–Crippen MR) is 68.7 cm³/mol. The van der Waals surface area contributed by atoms with Crippen molar-refractivity contribution in [2.75, 3.05) is 26.2 Å². The fourth-order valence-electron chi connectivity index (χ4n) is 2.51. The zero-order valence-corrected chi connectivity index (χ0v) is 11.3.